The number of pyridine rings is 1. The van der Waals surface area contributed by atoms with Gasteiger partial charge < -0.3 is 5.11 Å². The van der Waals surface area contributed by atoms with E-state index in [0.717, 1.165) is 14.9 Å². The summed E-state index contributed by atoms with van der Waals surface area (Å²) in [7, 11) is 0. The monoisotopic (exact) mass is 252 g/mol. The van der Waals surface area contributed by atoms with E-state index in [0.29, 0.717) is 0 Å². The molecule has 6 heteroatoms. The van der Waals surface area contributed by atoms with E-state index in [2.05, 4.69) is 9.97 Å². The highest BCUT2D eigenvalue weighted by molar-refractivity contribution is 8.01. The Morgan fingerprint density at radius 2 is 2.31 bits per heavy atom. The van der Waals surface area contributed by atoms with Crippen LogP contribution in [0.2, 0.25) is 0 Å². The first-order valence-electron chi connectivity index (χ1n) is 4.44. The van der Waals surface area contributed by atoms with Crippen molar-refractivity contribution in [1.82, 2.24) is 9.97 Å². The van der Waals surface area contributed by atoms with Crippen molar-refractivity contribution in [2.45, 2.75) is 16.2 Å². The molecule has 0 unspecified atom stereocenters. The van der Waals surface area contributed by atoms with Crippen molar-refractivity contribution in [2.75, 3.05) is 0 Å². The normalized spacial score (nSPS) is 10.3. The minimum absolute atomic E-state index is 0.0552. The van der Waals surface area contributed by atoms with Gasteiger partial charge in [-0.2, -0.15) is 0 Å². The van der Waals surface area contributed by atoms with E-state index in [1.807, 2.05) is 12.3 Å². The molecule has 2 aromatic heterocycles. The largest absolute Gasteiger partial charge is 0.477 e. The van der Waals surface area contributed by atoms with Gasteiger partial charge >= 0.3 is 5.97 Å². The third-order valence-electron chi connectivity index (χ3n) is 1.76. The van der Waals surface area contributed by atoms with E-state index >= 15 is 0 Å². The van der Waals surface area contributed by atoms with Crippen LogP contribution < -0.4 is 0 Å². The van der Waals surface area contributed by atoms with Gasteiger partial charge in [-0.3, -0.25) is 0 Å². The molecule has 2 aromatic rings. The molecule has 0 amide bonds. The Kier molecular flexibility index (Phi) is 3.21. The molecule has 0 aliphatic heterocycles. The van der Waals surface area contributed by atoms with Gasteiger partial charge in [-0.05, 0) is 19.1 Å². The summed E-state index contributed by atoms with van der Waals surface area (Å²) in [6.45, 7) is 1.94. The zero-order valence-electron chi connectivity index (χ0n) is 8.38. The Balaban J connectivity index is 2.14. The van der Waals surface area contributed by atoms with Gasteiger partial charge in [-0.25, -0.2) is 14.8 Å². The van der Waals surface area contributed by atoms with Crippen molar-refractivity contribution in [3.05, 3.63) is 35.1 Å². The van der Waals surface area contributed by atoms with Gasteiger partial charge in [0.25, 0.3) is 0 Å². The van der Waals surface area contributed by atoms with Crippen LogP contribution in [0.25, 0.3) is 0 Å². The fourth-order valence-corrected chi connectivity index (χ4v) is 2.83. The molecule has 0 fully saturated rings. The molecule has 82 valence electrons. The maximum atomic E-state index is 10.6. The van der Waals surface area contributed by atoms with Gasteiger partial charge in [0.15, 0.2) is 4.34 Å². The fraction of sp³-hybridized carbons (Fsp3) is 0.100. The standard InChI is InChI=1S/C10H8N2O2S2/c1-6-5-15-10(12-6)16-7-2-3-8(9(13)14)11-4-7/h2-5H,1H3,(H,13,14). The van der Waals surface area contributed by atoms with Crippen LogP contribution >= 0.6 is 23.1 Å². The first-order chi connectivity index (χ1) is 7.65. The minimum atomic E-state index is -1.01. The zero-order chi connectivity index (χ0) is 11.5. The molecular formula is C10H8N2O2S2. The van der Waals surface area contributed by atoms with E-state index in [1.54, 1.807) is 23.6 Å². The van der Waals surface area contributed by atoms with E-state index < -0.39 is 5.97 Å². The zero-order valence-corrected chi connectivity index (χ0v) is 10.0. The van der Waals surface area contributed by atoms with Crippen molar-refractivity contribution in [1.29, 1.82) is 0 Å². The van der Waals surface area contributed by atoms with E-state index in [9.17, 15) is 4.79 Å². The third kappa shape index (κ3) is 2.59. The summed E-state index contributed by atoms with van der Waals surface area (Å²) < 4.78 is 0.933. The summed E-state index contributed by atoms with van der Waals surface area (Å²) in [5.74, 6) is -1.01. The predicted octanol–water partition coefficient (Wildman–Crippen LogP) is 2.70. The summed E-state index contributed by atoms with van der Waals surface area (Å²) in [5, 5.41) is 10.7. The number of carbonyl (C=O) groups is 1. The lowest BCUT2D eigenvalue weighted by Crippen LogP contribution is -1.98. The number of aromatic nitrogens is 2. The highest BCUT2D eigenvalue weighted by atomic mass is 32.2. The maximum Gasteiger partial charge on any atom is 0.354 e. The lowest BCUT2D eigenvalue weighted by atomic mass is 10.4. The molecule has 0 bridgehead atoms. The summed E-state index contributed by atoms with van der Waals surface area (Å²) >= 11 is 3.04. The third-order valence-corrected chi connectivity index (χ3v) is 3.79. The van der Waals surface area contributed by atoms with Gasteiger partial charge in [-0.15, -0.1) is 11.3 Å². The van der Waals surface area contributed by atoms with Crippen molar-refractivity contribution in [2.24, 2.45) is 0 Å². The van der Waals surface area contributed by atoms with Crippen LogP contribution in [-0.4, -0.2) is 21.0 Å². The maximum absolute atomic E-state index is 10.6. The average Bonchev–Trinajstić information content (AvgIpc) is 2.65. The minimum Gasteiger partial charge on any atom is -0.477 e. The molecular weight excluding hydrogens is 244 g/mol. The number of aromatic carboxylic acids is 1. The molecule has 2 rings (SSSR count). The SMILES string of the molecule is Cc1csc(Sc2ccc(C(=O)O)nc2)n1. The van der Waals surface area contributed by atoms with Crippen LogP contribution in [0.4, 0.5) is 0 Å². The van der Waals surface area contributed by atoms with Crippen molar-refractivity contribution in [3.63, 3.8) is 0 Å². The Morgan fingerprint density at radius 3 is 2.81 bits per heavy atom. The van der Waals surface area contributed by atoms with Gasteiger partial charge in [0, 0.05) is 22.2 Å². The molecule has 0 aliphatic rings. The molecule has 1 N–H and O–H groups in total. The van der Waals surface area contributed by atoms with Gasteiger partial charge in [0.1, 0.15) is 5.69 Å². The topological polar surface area (TPSA) is 63.1 Å². The second-order valence-corrected chi connectivity index (χ2v) is 5.22. The molecule has 4 nitrogen and oxygen atoms in total. The summed E-state index contributed by atoms with van der Waals surface area (Å²) in [5.41, 5.74) is 1.04. The molecule has 0 aliphatic carbocycles. The molecule has 0 atom stereocenters. The first kappa shape index (κ1) is 11.1. The molecule has 0 saturated carbocycles. The summed E-state index contributed by atoms with van der Waals surface area (Å²) in [4.78, 5) is 19.6. The van der Waals surface area contributed by atoms with Crippen molar-refractivity contribution >= 4 is 29.1 Å². The number of hydrogen-bond acceptors (Lipinski definition) is 5. The Bertz CT molecular complexity index is 508. The highest BCUT2D eigenvalue weighted by Gasteiger charge is 2.05. The van der Waals surface area contributed by atoms with Crippen molar-refractivity contribution < 1.29 is 9.90 Å². The second kappa shape index (κ2) is 4.63. The van der Waals surface area contributed by atoms with E-state index in [4.69, 9.17) is 5.11 Å². The van der Waals surface area contributed by atoms with Crippen LogP contribution in [-0.2, 0) is 0 Å². The van der Waals surface area contributed by atoms with Crippen LogP contribution in [0, 0.1) is 6.92 Å². The van der Waals surface area contributed by atoms with Crippen LogP contribution in [0.5, 0.6) is 0 Å². The van der Waals surface area contributed by atoms with Gasteiger partial charge in [-0.1, -0.05) is 11.8 Å². The molecule has 0 aromatic carbocycles. The lowest BCUT2D eigenvalue weighted by Gasteiger charge is -1.97. The average molecular weight is 252 g/mol. The van der Waals surface area contributed by atoms with Crippen molar-refractivity contribution in [3.8, 4) is 0 Å². The highest BCUT2D eigenvalue weighted by Crippen LogP contribution is 2.29. The smallest absolute Gasteiger partial charge is 0.354 e. The molecule has 0 saturated heterocycles. The number of hydrogen-bond donors (Lipinski definition) is 1. The Labute approximate surface area is 100 Å². The van der Waals surface area contributed by atoms with E-state index in [1.165, 1.54) is 17.8 Å². The second-order valence-electron chi connectivity index (χ2n) is 3.04. The number of thiazole rings is 1. The predicted molar refractivity (Wildman–Crippen MR) is 62.2 cm³/mol. The van der Waals surface area contributed by atoms with Crippen LogP contribution in [0.3, 0.4) is 0 Å². The van der Waals surface area contributed by atoms with E-state index in [-0.39, 0.29) is 5.69 Å². The Hall–Kier alpha value is -1.40. The number of carboxylic acids is 1. The number of aryl methyl sites for hydroxylation is 1. The first-order valence-corrected chi connectivity index (χ1v) is 6.14. The summed E-state index contributed by atoms with van der Waals surface area (Å²) in [6, 6.07) is 3.23. The molecule has 2 heterocycles. The lowest BCUT2D eigenvalue weighted by molar-refractivity contribution is 0.0690. The summed E-state index contributed by atoms with van der Waals surface area (Å²) in [6.07, 6.45) is 1.55. The van der Waals surface area contributed by atoms with Gasteiger partial charge in [0.05, 0.1) is 0 Å². The number of carboxylic acid groups (broad SMARTS) is 1. The van der Waals surface area contributed by atoms with Crippen LogP contribution in [0.15, 0.2) is 32.9 Å². The van der Waals surface area contributed by atoms with Gasteiger partial charge in [0.2, 0.25) is 0 Å². The number of rotatable bonds is 3. The fourth-order valence-electron chi connectivity index (χ4n) is 1.05. The molecule has 16 heavy (non-hydrogen) atoms. The Morgan fingerprint density at radius 1 is 1.50 bits per heavy atom. The quantitative estimate of drug-likeness (QED) is 0.910. The molecule has 0 radical (unpaired) electrons. The number of nitrogens with zero attached hydrogens (tertiary/aromatic N) is 2. The van der Waals surface area contributed by atoms with Crippen LogP contribution in [0.1, 0.15) is 16.2 Å². The molecule has 0 spiro atoms.